The number of halogens is 1. The third kappa shape index (κ3) is 6.07. The van der Waals surface area contributed by atoms with Crippen molar-refractivity contribution < 1.29 is 23.5 Å². The lowest BCUT2D eigenvalue weighted by Gasteiger charge is -2.37. The summed E-state index contributed by atoms with van der Waals surface area (Å²) in [5, 5.41) is 4.92. The summed E-state index contributed by atoms with van der Waals surface area (Å²) in [6.07, 6.45) is 2.55. The van der Waals surface area contributed by atoms with Gasteiger partial charge in [0.15, 0.2) is 0 Å². The minimum Gasteiger partial charge on any atom is -0.491 e. The first-order chi connectivity index (χ1) is 16.4. The number of rotatable bonds is 8. The van der Waals surface area contributed by atoms with Crippen LogP contribution < -0.4 is 10.1 Å². The van der Waals surface area contributed by atoms with E-state index in [4.69, 9.17) is 9.47 Å². The van der Waals surface area contributed by atoms with Gasteiger partial charge in [-0.05, 0) is 62.3 Å². The molecule has 2 aliphatic heterocycles. The Morgan fingerprint density at radius 2 is 2.21 bits per heavy atom. The van der Waals surface area contributed by atoms with E-state index in [1.54, 1.807) is 33.3 Å². The van der Waals surface area contributed by atoms with Gasteiger partial charge in [0.2, 0.25) is 5.91 Å². The second-order valence-corrected chi connectivity index (χ2v) is 10.0. The molecule has 1 fully saturated rings. The number of carbonyl (C=O) groups is 2. The molecule has 34 heavy (non-hydrogen) atoms. The van der Waals surface area contributed by atoms with Crippen molar-refractivity contribution in [2.75, 3.05) is 32.8 Å². The summed E-state index contributed by atoms with van der Waals surface area (Å²) >= 11 is 1.67. The normalized spacial score (nSPS) is 19.7. The summed E-state index contributed by atoms with van der Waals surface area (Å²) in [6, 6.07) is 7.42. The molecule has 0 radical (unpaired) electrons. The van der Waals surface area contributed by atoms with Gasteiger partial charge in [-0.1, -0.05) is 6.07 Å². The van der Waals surface area contributed by atoms with Gasteiger partial charge >= 0.3 is 6.03 Å². The quantitative estimate of drug-likeness (QED) is 0.609. The zero-order valence-corrected chi connectivity index (χ0v) is 20.5. The van der Waals surface area contributed by atoms with Gasteiger partial charge in [0, 0.05) is 36.7 Å². The minimum atomic E-state index is -0.369. The van der Waals surface area contributed by atoms with Crippen molar-refractivity contribution in [3.05, 3.63) is 52.0 Å². The molecule has 1 aromatic heterocycles. The molecule has 184 valence electrons. The number of hydrogen-bond acceptors (Lipinski definition) is 5. The van der Waals surface area contributed by atoms with Crippen LogP contribution >= 0.6 is 11.3 Å². The number of nitrogens with one attached hydrogen (secondary N) is 1. The second kappa shape index (κ2) is 11.2. The predicted octanol–water partition coefficient (Wildman–Crippen LogP) is 3.99. The van der Waals surface area contributed by atoms with Crippen molar-refractivity contribution in [2.24, 2.45) is 0 Å². The Kier molecular flexibility index (Phi) is 8.05. The van der Waals surface area contributed by atoms with Crippen molar-refractivity contribution in [1.29, 1.82) is 0 Å². The Balaban J connectivity index is 1.49. The largest absolute Gasteiger partial charge is 0.491 e. The lowest BCUT2D eigenvalue weighted by atomic mass is 10.0. The highest BCUT2D eigenvalue weighted by Crippen LogP contribution is 2.34. The van der Waals surface area contributed by atoms with Crippen LogP contribution in [0.5, 0.6) is 5.75 Å². The van der Waals surface area contributed by atoms with Gasteiger partial charge in [0.1, 0.15) is 24.7 Å². The van der Waals surface area contributed by atoms with Gasteiger partial charge in [-0.25, -0.2) is 9.18 Å². The molecule has 2 aliphatic rings. The van der Waals surface area contributed by atoms with Crippen molar-refractivity contribution in [3.8, 4) is 5.75 Å². The Bertz CT molecular complexity index is 992. The summed E-state index contributed by atoms with van der Waals surface area (Å²) in [5.74, 6) is -0.0843. The summed E-state index contributed by atoms with van der Waals surface area (Å²) in [5.41, 5.74) is 1.05. The molecule has 1 aromatic carbocycles. The van der Waals surface area contributed by atoms with E-state index in [1.807, 2.05) is 25.3 Å². The van der Waals surface area contributed by atoms with E-state index in [9.17, 15) is 14.0 Å². The van der Waals surface area contributed by atoms with E-state index in [1.165, 1.54) is 17.0 Å². The Hall–Kier alpha value is -2.65. The van der Waals surface area contributed by atoms with E-state index in [0.29, 0.717) is 25.4 Å². The molecule has 0 spiro atoms. The number of hydrogen-bond donors (Lipinski definition) is 1. The predicted molar refractivity (Wildman–Crippen MR) is 129 cm³/mol. The summed E-state index contributed by atoms with van der Waals surface area (Å²) in [7, 11) is 0. The minimum absolute atomic E-state index is 0.0334. The van der Waals surface area contributed by atoms with Crippen LogP contribution in [0.4, 0.5) is 9.18 Å². The third-order valence-corrected chi connectivity index (χ3v) is 7.09. The summed E-state index contributed by atoms with van der Waals surface area (Å²) < 4.78 is 25.2. The zero-order chi connectivity index (χ0) is 24.1. The average molecular weight is 490 g/mol. The first-order valence-electron chi connectivity index (χ1n) is 11.8. The summed E-state index contributed by atoms with van der Waals surface area (Å²) in [4.78, 5) is 31.0. The lowest BCUT2D eigenvalue weighted by molar-refractivity contribution is -0.135. The first kappa shape index (κ1) is 24.5. The highest BCUT2D eigenvalue weighted by molar-refractivity contribution is 7.10. The van der Waals surface area contributed by atoms with Gasteiger partial charge in [-0.15, -0.1) is 11.3 Å². The molecule has 4 rings (SSSR count). The first-order valence-corrected chi connectivity index (χ1v) is 12.7. The average Bonchev–Trinajstić information content (AvgIpc) is 3.48. The van der Waals surface area contributed by atoms with Crippen molar-refractivity contribution in [3.63, 3.8) is 0 Å². The SMILES string of the molecule is CC(C)NC(=O)N(CC(=O)N1CCc2sccc2C1COc1cccc(F)c1)CC1CCCO1. The van der Waals surface area contributed by atoms with Crippen LogP contribution in [0.15, 0.2) is 35.7 Å². The molecule has 3 amide bonds. The van der Waals surface area contributed by atoms with E-state index < -0.39 is 0 Å². The molecule has 2 aromatic rings. The number of ether oxygens (including phenoxy) is 2. The molecule has 2 unspecified atom stereocenters. The molecular formula is C25H32FN3O4S. The number of amides is 3. The molecular weight excluding hydrogens is 457 g/mol. The number of thiophene rings is 1. The maximum absolute atomic E-state index is 13.6. The van der Waals surface area contributed by atoms with Crippen LogP contribution in [-0.2, 0) is 16.0 Å². The Morgan fingerprint density at radius 3 is 2.94 bits per heavy atom. The van der Waals surface area contributed by atoms with Gasteiger partial charge in [-0.3, -0.25) is 4.79 Å². The molecule has 3 heterocycles. The van der Waals surface area contributed by atoms with E-state index >= 15 is 0 Å². The van der Waals surface area contributed by atoms with Gasteiger partial charge in [0.05, 0.1) is 12.1 Å². The number of fused-ring (bicyclic) bond motifs is 1. The molecule has 0 bridgehead atoms. The van der Waals surface area contributed by atoms with Crippen LogP contribution in [0.3, 0.4) is 0 Å². The highest BCUT2D eigenvalue weighted by atomic mass is 32.1. The highest BCUT2D eigenvalue weighted by Gasteiger charge is 2.34. The summed E-state index contributed by atoms with van der Waals surface area (Å²) in [6.45, 7) is 5.58. The second-order valence-electron chi connectivity index (χ2n) is 9.04. The van der Waals surface area contributed by atoms with Crippen molar-refractivity contribution in [2.45, 2.75) is 51.3 Å². The lowest BCUT2D eigenvalue weighted by Crippen LogP contribution is -2.52. The zero-order valence-electron chi connectivity index (χ0n) is 19.7. The Labute approximate surface area is 203 Å². The fourth-order valence-corrected chi connectivity index (χ4v) is 5.38. The van der Waals surface area contributed by atoms with Gasteiger partial charge in [-0.2, -0.15) is 0 Å². The van der Waals surface area contributed by atoms with Gasteiger partial charge in [0.25, 0.3) is 0 Å². The van der Waals surface area contributed by atoms with Crippen LogP contribution in [0.1, 0.15) is 43.2 Å². The fourth-order valence-electron chi connectivity index (χ4n) is 4.45. The van der Waals surface area contributed by atoms with Crippen molar-refractivity contribution >= 4 is 23.3 Å². The maximum atomic E-state index is 13.6. The van der Waals surface area contributed by atoms with Crippen LogP contribution in [0.25, 0.3) is 0 Å². The monoisotopic (exact) mass is 489 g/mol. The van der Waals surface area contributed by atoms with Gasteiger partial charge < -0.3 is 24.6 Å². The van der Waals surface area contributed by atoms with E-state index in [2.05, 4.69) is 5.32 Å². The number of urea groups is 1. The van der Waals surface area contributed by atoms with E-state index in [0.717, 1.165) is 24.8 Å². The van der Waals surface area contributed by atoms with Crippen LogP contribution in [0.2, 0.25) is 0 Å². The third-order valence-electron chi connectivity index (χ3n) is 6.09. The molecule has 1 saturated heterocycles. The molecule has 1 N–H and O–H groups in total. The number of benzene rings is 1. The molecule has 0 aliphatic carbocycles. The van der Waals surface area contributed by atoms with Crippen molar-refractivity contribution in [1.82, 2.24) is 15.1 Å². The van der Waals surface area contributed by atoms with Crippen LogP contribution in [0, 0.1) is 5.82 Å². The molecule has 7 nitrogen and oxygen atoms in total. The molecule has 9 heteroatoms. The number of nitrogens with zero attached hydrogens (tertiary/aromatic N) is 2. The van der Waals surface area contributed by atoms with E-state index in [-0.39, 0.29) is 49.1 Å². The smallest absolute Gasteiger partial charge is 0.318 e. The number of carbonyl (C=O) groups excluding carboxylic acids is 2. The molecule has 2 atom stereocenters. The Morgan fingerprint density at radius 1 is 1.35 bits per heavy atom. The topological polar surface area (TPSA) is 71.1 Å². The standard InChI is InChI=1S/C25H32FN3O4S/c1-17(2)27-25(31)28(14-20-7-4-11-32-20)15-24(30)29-10-8-23-21(9-12-34-23)22(29)16-33-19-6-3-5-18(26)13-19/h3,5-6,9,12-13,17,20,22H,4,7-8,10-11,14-16H2,1-2H3,(H,27,31). The fraction of sp³-hybridized carbons (Fsp3) is 0.520. The maximum Gasteiger partial charge on any atom is 0.318 e. The molecule has 0 saturated carbocycles. The van der Waals surface area contributed by atoms with Crippen LogP contribution in [-0.4, -0.2) is 66.7 Å².